The quantitative estimate of drug-likeness (QED) is 0.860. The molecule has 1 aromatic heterocycles. The lowest BCUT2D eigenvalue weighted by atomic mass is 10.0. The van der Waals surface area contributed by atoms with Crippen molar-refractivity contribution in [2.24, 2.45) is 5.10 Å². The Morgan fingerprint density at radius 3 is 2.95 bits per heavy atom. The zero-order chi connectivity index (χ0) is 15.5. The summed E-state index contributed by atoms with van der Waals surface area (Å²) in [6.07, 6.45) is 0.732. The Morgan fingerprint density at radius 1 is 1.41 bits per heavy atom. The third-order valence-electron chi connectivity index (χ3n) is 3.59. The number of hydrogen-bond donors (Lipinski definition) is 0. The minimum absolute atomic E-state index is 0.0432. The molecule has 0 saturated heterocycles. The third-order valence-corrected chi connectivity index (χ3v) is 4.51. The second-order valence-electron chi connectivity index (χ2n) is 5.11. The van der Waals surface area contributed by atoms with Crippen LogP contribution >= 0.6 is 11.3 Å². The Balaban J connectivity index is 1.90. The SMILES string of the molecule is CCOc1cccc([C@H]2CC(c3cccs3)=NN2C(C)=O)c1. The zero-order valence-corrected chi connectivity index (χ0v) is 13.5. The van der Waals surface area contributed by atoms with E-state index in [0.29, 0.717) is 6.61 Å². The fourth-order valence-electron chi connectivity index (χ4n) is 2.63. The van der Waals surface area contributed by atoms with E-state index in [-0.39, 0.29) is 11.9 Å². The van der Waals surface area contributed by atoms with Crippen LogP contribution in [0.3, 0.4) is 0 Å². The lowest BCUT2D eigenvalue weighted by Crippen LogP contribution is -2.24. The molecule has 1 amide bonds. The van der Waals surface area contributed by atoms with Crippen LogP contribution in [0.2, 0.25) is 0 Å². The van der Waals surface area contributed by atoms with Crippen LogP contribution in [0.5, 0.6) is 5.75 Å². The van der Waals surface area contributed by atoms with Crippen molar-refractivity contribution in [1.82, 2.24) is 5.01 Å². The molecule has 114 valence electrons. The highest BCUT2D eigenvalue weighted by Gasteiger charge is 2.31. The number of hydrogen-bond acceptors (Lipinski definition) is 4. The molecule has 0 radical (unpaired) electrons. The monoisotopic (exact) mass is 314 g/mol. The molecule has 4 nitrogen and oxygen atoms in total. The summed E-state index contributed by atoms with van der Waals surface area (Å²) in [6, 6.07) is 11.9. The van der Waals surface area contributed by atoms with Crippen LogP contribution in [-0.2, 0) is 4.79 Å². The largest absolute Gasteiger partial charge is 0.494 e. The summed E-state index contributed by atoms with van der Waals surface area (Å²) in [5.41, 5.74) is 2.02. The molecule has 5 heteroatoms. The summed E-state index contributed by atoms with van der Waals surface area (Å²) in [5.74, 6) is 0.784. The van der Waals surface area contributed by atoms with E-state index in [0.717, 1.165) is 28.3 Å². The first-order valence-corrected chi connectivity index (χ1v) is 8.21. The average Bonchev–Trinajstić information content (AvgIpc) is 3.17. The number of amides is 1. The number of thiophene rings is 1. The van der Waals surface area contributed by atoms with E-state index in [4.69, 9.17) is 4.74 Å². The van der Waals surface area contributed by atoms with Gasteiger partial charge in [0.25, 0.3) is 0 Å². The fourth-order valence-corrected chi connectivity index (χ4v) is 3.35. The molecule has 1 aromatic carbocycles. The number of carbonyl (C=O) groups is 1. The molecule has 1 atom stereocenters. The maximum Gasteiger partial charge on any atom is 0.240 e. The van der Waals surface area contributed by atoms with Crippen LogP contribution < -0.4 is 4.74 Å². The van der Waals surface area contributed by atoms with Gasteiger partial charge in [0.15, 0.2) is 0 Å². The summed E-state index contributed by atoms with van der Waals surface area (Å²) >= 11 is 1.65. The van der Waals surface area contributed by atoms with Gasteiger partial charge < -0.3 is 4.74 Å². The van der Waals surface area contributed by atoms with Crippen LogP contribution in [0, 0.1) is 0 Å². The highest BCUT2D eigenvalue weighted by Crippen LogP contribution is 2.34. The Morgan fingerprint density at radius 2 is 2.27 bits per heavy atom. The summed E-state index contributed by atoms with van der Waals surface area (Å²) in [6.45, 7) is 4.14. The molecule has 0 unspecified atom stereocenters. The maximum absolute atomic E-state index is 11.9. The molecule has 0 N–H and O–H groups in total. The topological polar surface area (TPSA) is 41.9 Å². The molecule has 22 heavy (non-hydrogen) atoms. The molecule has 2 heterocycles. The summed E-state index contributed by atoms with van der Waals surface area (Å²) < 4.78 is 5.56. The van der Waals surface area contributed by atoms with E-state index < -0.39 is 0 Å². The molecule has 3 rings (SSSR count). The molecule has 1 aliphatic rings. The first-order valence-electron chi connectivity index (χ1n) is 7.33. The Bertz CT molecular complexity index is 694. The number of carbonyl (C=O) groups excluding carboxylic acids is 1. The number of nitrogens with zero attached hydrogens (tertiary/aromatic N) is 2. The molecular formula is C17H18N2O2S. The highest BCUT2D eigenvalue weighted by molar-refractivity contribution is 7.12. The Labute approximate surface area is 134 Å². The Hall–Kier alpha value is -2.14. The van der Waals surface area contributed by atoms with E-state index in [9.17, 15) is 4.79 Å². The van der Waals surface area contributed by atoms with Gasteiger partial charge in [0, 0.05) is 13.3 Å². The highest BCUT2D eigenvalue weighted by atomic mass is 32.1. The van der Waals surface area contributed by atoms with E-state index in [1.165, 1.54) is 0 Å². The van der Waals surface area contributed by atoms with Crippen molar-refractivity contribution in [2.45, 2.75) is 26.3 Å². The summed E-state index contributed by atoms with van der Waals surface area (Å²) in [7, 11) is 0. The third kappa shape index (κ3) is 2.90. The number of rotatable bonds is 4. The first kappa shape index (κ1) is 14.8. The first-order chi connectivity index (χ1) is 10.7. The van der Waals surface area contributed by atoms with Crippen molar-refractivity contribution in [3.63, 3.8) is 0 Å². The van der Waals surface area contributed by atoms with Gasteiger partial charge in [-0.3, -0.25) is 4.79 Å². The molecule has 2 aromatic rings. The number of hydrazone groups is 1. The lowest BCUT2D eigenvalue weighted by molar-refractivity contribution is -0.130. The second kappa shape index (κ2) is 6.32. The number of benzene rings is 1. The van der Waals surface area contributed by atoms with Gasteiger partial charge in [-0.2, -0.15) is 5.10 Å². The van der Waals surface area contributed by atoms with Crippen LogP contribution in [0.25, 0.3) is 0 Å². The molecule has 0 saturated carbocycles. The Kier molecular flexibility index (Phi) is 4.24. The maximum atomic E-state index is 11.9. The van der Waals surface area contributed by atoms with E-state index in [1.54, 1.807) is 23.3 Å². The van der Waals surface area contributed by atoms with Gasteiger partial charge in [0.2, 0.25) is 5.91 Å². The molecular weight excluding hydrogens is 296 g/mol. The van der Waals surface area contributed by atoms with Crippen molar-refractivity contribution < 1.29 is 9.53 Å². The van der Waals surface area contributed by atoms with E-state index in [1.807, 2.05) is 48.7 Å². The second-order valence-corrected chi connectivity index (χ2v) is 6.06. The minimum atomic E-state index is -0.0602. The van der Waals surface area contributed by atoms with Crippen molar-refractivity contribution in [1.29, 1.82) is 0 Å². The smallest absolute Gasteiger partial charge is 0.240 e. The van der Waals surface area contributed by atoms with Gasteiger partial charge in [0.1, 0.15) is 5.75 Å². The molecule has 0 fully saturated rings. The molecule has 0 spiro atoms. The van der Waals surface area contributed by atoms with Gasteiger partial charge in [-0.05, 0) is 36.1 Å². The fraction of sp³-hybridized carbons (Fsp3) is 0.294. The predicted molar refractivity (Wildman–Crippen MR) is 88.3 cm³/mol. The van der Waals surface area contributed by atoms with Crippen molar-refractivity contribution in [3.8, 4) is 5.75 Å². The van der Waals surface area contributed by atoms with Crippen molar-refractivity contribution in [2.75, 3.05) is 6.61 Å². The molecule has 1 aliphatic heterocycles. The van der Waals surface area contributed by atoms with E-state index >= 15 is 0 Å². The van der Waals surface area contributed by atoms with Crippen LogP contribution in [0.1, 0.15) is 36.8 Å². The van der Waals surface area contributed by atoms with Crippen LogP contribution in [0.4, 0.5) is 0 Å². The lowest BCUT2D eigenvalue weighted by Gasteiger charge is -2.21. The van der Waals surface area contributed by atoms with E-state index in [2.05, 4.69) is 5.10 Å². The normalized spacial score (nSPS) is 17.5. The minimum Gasteiger partial charge on any atom is -0.494 e. The summed E-state index contributed by atoms with van der Waals surface area (Å²) in [5, 5.41) is 8.14. The zero-order valence-electron chi connectivity index (χ0n) is 12.7. The van der Waals surface area contributed by atoms with Gasteiger partial charge in [-0.25, -0.2) is 5.01 Å². The van der Waals surface area contributed by atoms with Gasteiger partial charge in [-0.1, -0.05) is 18.2 Å². The average molecular weight is 314 g/mol. The van der Waals surface area contributed by atoms with Crippen LogP contribution in [-0.4, -0.2) is 23.2 Å². The van der Waals surface area contributed by atoms with Crippen LogP contribution in [0.15, 0.2) is 46.9 Å². The van der Waals surface area contributed by atoms with Gasteiger partial charge in [0.05, 0.1) is 23.2 Å². The summed E-state index contributed by atoms with van der Waals surface area (Å²) in [4.78, 5) is 13.1. The van der Waals surface area contributed by atoms with Gasteiger partial charge in [-0.15, -0.1) is 11.3 Å². The standard InChI is InChI=1S/C17H18N2O2S/c1-3-21-14-7-4-6-13(10-14)16-11-15(17-8-5-9-22-17)18-19(16)12(2)20/h4-10,16H,3,11H2,1-2H3/t16-/m1/s1. The molecule has 0 bridgehead atoms. The van der Waals surface area contributed by atoms with Gasteiger partial charge >= 0.3 is 0 Å². The van der Waals surface area contributed by atoms with Crippen molar-refractivity contribution >= 4 is 23.0 Å². The number of ether oxygens (including phenoxy) is 1. The predicted octanol–water partition coefficient (Wildman–Crippen LogP) is 3.84. The molecule has 0 aliphatic carbocycles. The van der Waals surface area contributed by atoms with Crippen molar-refractivity contribution in [3.05, 3.63) is 52.2 Å².